The molecular weight excluding hydrogens is 476 g/mol. The molecule has 1 spiro atoms. The van der Waals surface area contributed by atoms with E-state index < -0.39 is 23.4 Å². The van der Waals surface area contributed by atoms with E-state index in [1.54, 1.807) is 31.4 Å². The van der Waals surface area contributed by atoms with Crippen LogP contribution in [-0.4, -0.2) is 36.7 Å². The van der Waals surface area contributed by atoms with Crippen molar-refractivity contribution in [3.8, 4) is 5.75 Å². The fourth-order valence-electron chi connectivity index (χ4n) is 6.23. The molecule has 1 amide bonds. The molecule has 4 atom stereocenters. The van der Waals surface area contributed by atoms with Crippen molar-refractivity contribution in [1.29, 1.82) is 0 Å². The number of fused-ring (bicyclic) bond motifs is 6. The second kappa shape index (κ2) is 8.07. The van der Waals surface area contributed by atoms with Crippen LogP contribution in [0.5, 0.6) is 5.75 Å². The van der Waals surface area contributed by atoms with E-state index in [0.29, 0.717) is 22.0 Å². The lowest BCUT2D eigenvalue weighted by Crippen LogP contribution is -2.51. The van der Waals surface area contributed by atoms with Crippen molar-refractivity contribution in [3.63, 3.8) is 0 Å². The summed E-state index contributed by atoms with van der Waals surface area (Å²) >= 11 is 6.09. The summed E-state index contributed by atoms with van der Waals surface area (Å²) in [6.45, 7) is 1.49. The number of hydrogen-bond acceptors (Lipinski definition) is 5. The van der Waals surface area contributed by atoms with Crippen LogP contribution in [-0.2, 0) is 15.0 Å². The van der Waals surface area contributed by atoms with Crippen LogP contribution in [0.25, 0.3) is 6.08 Å². The predicted molar refractivity (Wildman–Crippen MR) is 139 cm³/mol. The maximum atomic E-state index is 14.3. The first-order chi connectivity index (χ1) is 17.4. The van der Waals surface area contributed by atoms with Gasteiger partial charge in [0.05, 0.1) is 25.1 Å². The van der Waals surface area contributed by atoms with Gasteiger partial charge in [0.2, 0.25) is 5.91 Å². The second-order valence-electron chi connectivity index (χ2n) is 9.41. The topological polar surface area (TPSA) is 75.7 Å². The van der Waals surface area contributed by atoms with E-state index in [1.165, 1.54) is 6.92 Å². The highest BCUT2D eigenvalue weighted by Gasteiger charge is 2.69. The Morgan fingerprint density at radius 3 is 2.53 bits per heavy atom. The van der Waals surface area contributed by atoms with Crippen molar-refractivity contribution in [1.82, 2.24) is 0 Å². The van der Waals surface area contributed by atoms with Gasteiger partial charge in [-0.05, 0) is 61.0 Å². The summed E-state index contributed by atoms with van der Waals surface area (Å²) in [6.07, 6.45) is 3.88. The third-order valence-electron chi connectivity index (χ3n) is 7.67. The van der Waals surface area contributed by atoms with Crippen molar-refractivity contribution in [2.75, 3.05) is 17.3 Å². The van der Waals surface area contributed by atoms with E-state index in [1.807, 2.05) is 59.5 Å². The zero-order chi connectivity index (χ0) is 25.2. The summed E-state index contributed by atoms with van der Waals surface area (Å²) in [6, 6.07) is 18.2. The Morgan fingerprint density at radius 1 is 1.06 bits per heavy atom. The number of amides is 1. The summed E-state index contributed by atoms with van der Waals surface area (Å²) in [4.78, 5) is 43.7. The van der Waals surface area contributed by atoms with Gasteiger partial charge in [-0.25, -0.2) is 0 Å². The Kier molecular flexibility index (Phi) is 5.05. The number of Topliss-reactive ketones (excluding diaryl/α,β-unsaturated/α-hetero) is 2. The Bertz CT molecular complexity index is 1460. The largest absolute Gasteiger partial charge is 0.497 e. The summed E-state index contributed by atoms with van der Waals surface area (Å²) < 4.78 is 5.40. The van der Waals surface area contributed by atoms with E-state index in [-0.39, 0.29) is 17.5 Å². The van der Waals surface area contributed by atoms with Crippen LogP contribution in [0.2, 0.25) is 5.02 Å². The van der Waals surface area contributed by atoms with Gasteiger partial charge in [0, 0.05) is 27.5 Å². The van der Waals surface area contributed by atoms with Crippen molar-refractivity contribution >= 4 is 46.5 Å². The fraction of sp³-hybridized carbons (Fsp3) is 0.207. The highest BCUT2D eigenvalue weighted by molar-refractivity contribution is 6.30. The molecular formula is C29H23ClN2O4. The van der Waals surface area contributed by atoms with Gasteiger partial charge in [0.1, 0.15) is 11.2 Å². The normalized spacial score (nSPS) is 25.2. The number of nitrogens with one attached hydrogen (secondary N) is 1. The number of para-hydroxylation sites is 1. The van der Waals surface area contributed by atoms with Crippen LogP contribution >= 0.6 is 11.6 Å². The summed E-state index contributed by atoms with van der Waals surface area (Å²) in [7, 11) is 1.60. The maximum Gasteiger partial charge on any atom is 0.238 e. The SMILES string of the molecule is COc1ccc2c(c1)C=C[C@H]1N2[C@@H](C(C)=O)[C@H](C(=O)c2ccc(Cl)cc2)[C@@]12C(=O)Nc1ccccc12. The zero-order valence-corrected chi connectivity index (χ0v) is 20.5. The van der Waals surface area contributed by atoms with Gasteiger partial charge in [-0.3, -0.25) is 14.4 Å². The molecule has 3 aromatic carbocycles. The summed E-state index contributed by atoms with van der Waals surface area (Å²) in [5.41, 5.74) is 2.14. The number of nitrogens with zero attached hydrogens (tertiary/aromatic N) is 1. The maximum absolute atomic E-state index is 14.3. The zero-order valence-electron chi connectivity index (χ0n) is 19.7. The van der Waals surface area contributed by atoms with Gasteiger partial charge in [0.15, 0.2) is 11.6 Å². The molecule has 0 radical (unpaired) electrons. The lowest BCUT2D eigenvalue weighted by Gasteiger charge is -2.37. The smallest absolute Gasteiger partial charge is 0.238 e. The first kappa shape index (κ1) is 22.6. The van der Waals surface area contributed by atoms with E-state index in [0.717, 1.165) is 16.8 Å². The third kappa shape index (κ3) is 2.94. The van der Waals surface area contributed by atoms with Crippen molar-refractivity contribution in [3.05, 3.63) is 94.5 Å². The highest BCUT2D eigenvalue weighted by Crippen LogP contribution is 2.57. The standard InChI is InChI=1S/C29H23ClN2O4/c1-16(33)26-25(27(34)17-7-10-19(30)11-8-17)29(21-5-3-4-6-22(21)31-28(29)35)24-14-9-18-15-20(36-2)12-13-23(18)32(24)26/h3-15,24-26H,1-2H3,(H,31,35)/t24-,25-,26+,29+/m1/s1. The van der Waals surface area contributed by atoms with Crippen LogP contribution < -0.4 is 15.0 Å². The van der Waals surface area contributed by atoms with Gasteiger partial charge in [-0.2, -0.15) is 0 Å². The van der Waals surface area contributed by atoms with E-state index in [4.69, 9.17) is 16.3 Å². The molecule has 1 saturated heterocycles. The Morgan fingerprint density at radius 2 is 1.81 bits per heavy atom. The van der Waals surface area contributed by atoms with E-state index in [9.17, 15) is 14.4 Å². The average molecular weight is 499 g/mol. The lowest BCUT2D eigenvalue weighted by molar-refractivity contribution is -0.122. The predicted octanol–water partition coefficient (Wildman–Crippen LogP) is 4.91. The highest BCUT2D eigenvalue weighted by atomic mass is 35.5. The molecule has 6 rings (SSSR count). The summed E-state index contributed by atoms with van der Waals surface area (Å²) in [5, 5.41) is 3.51. The molecule has 3 aliphatic heterocycles. The molecule has 0 saturated carbocycles. The van der Waals surface area contributed by atoms with Crippen LogP contribution in [0.15, 0.2) is 72.8 Å². The molecule has 3 heterocycles. The van der Waals surface area contributed by atoms with E-state index in [2.05, 4.69) is 5.32 Å². The lowest BCUT2D eigenvalue weighted by atomic mass is 9.64. The van der Waals surface area contributed by atoms with Crippen molar-refractivity contribution < 1.29 is 19.1 Å². The quantitative estimate of drug-likeness (QED) is 0.517. The minimum atomic E-state index is -1.29. The molecule has 0 aromatic heterocycles. The van der Waals surface area contributed by atoms with Gasteiger partial charge in [-0.1, -0.05) is 42.0 Å². The van der Waals surface area contributed by atoms with E-state index >= 15 is 0 Å². The Hall–Kier alpha value is -3.90. The fourth-order valence-corrected chi connectivity index (χ4v) is 6.36. The number of benzene rings is 3. The number of carbonyl (C=O) groups excluding carboxylic acids is 3. The number of ketones is 2. The van der Waals surface area contributed by atoms with Crippen LogP contribution in [0, 0.1) is 5.92 Å². The number of hydrogen-bond donors (Lipinski definition) is 1. The molecule has 7 heteroatoms. The number of rotatable bonds is 4. The number of carbonyl (C=O) groups is 3. The van der Waals surface area contributed by atoms with Gasteiger partial charge in [0.25, 0.3) is 0 Å². The van der Waals surface area contributed by atoms with Crippen molar-refractivity contribution in [2.45, 2.75) is 24.4 Å². The number of halogens is 1. The molecule has 3 aromatic rings. The average Bonchev–Trinajstić information content (AvgIpc) is 3.36. The molecule has 0 unspecified atom stereocenters. The van der Waals surface area contributed by atoms with Crippen LogP contribution in [0.4, 0.5) is 11.4 Å². The molecule has 0 bridgehead atoms. The minimum absolute atomic E-state index is 0.182. The molecule has 1 fully saturated rings. The number of anilines is 2. The number of methoxy groups -OCH3 is 1. The first-order valence-corrected chi connectivity index (χ1v) is 12.1. The molecule has 1 N–H and O–H groups in total. The Balaban J connectivity index is 1.64. The third-order valence-corrected chi connectivity index (χ3v) is 7.92. The second-order valence-corrected chi connectivity index (χ2v) is 9.85. The van der Waals surface area contributed by atoms with Crippen LogP contribution in [0.1, 0.15) is 28.4 Å². The minimum Gasteiger partial charge on any atom is -0.497 e. The van der Waals surface area contributed by atoms with Crippen LogP contribution in [0.3, 0.4) is 0 Å². The van der Waals surface area contributed by atoms with Gasteiger partial charge < -0.3 is 15.0 Å². The van der Waals surface area contributed by atoms with Crippen molar-refractivity contribution in [2.24, 2.45) is 5.92 Å². The molecule has 0 aliphatic carbocycles. The molecule has 3 aliphatic rings. The molecule has 6 nitrogen and oxygen atoms in total. The number of ether oxygens (including phenoxy) is 1. The molecule has 36 heavy (non-hydrogen) atoms. The molecule has 180 valence electrons. The van der Waals surface area contributed by atoms with Gasteiger partial charge in [-0.15, -0.1) is 0 Å². The Labute approximate surface area is 213 Å². The summed E-state index contributed by atoms with van der Waals surface area (Å²) in [5.74, 6) is -1.00. The first-order valence-electron chi connectivity index (χ1n) is 11.7. The monoisotopic (exact) mass is 498 g/mol. The van der Waals surface area contributed by atoms with Gasteiger partial charge >= 0.3 is 0 Å².